The van der Waals surface area contributed by atoms with Crippen LogP contribution in [-0.2, 0) is 10.0 Å². The van der Waals surface area contributed by atoms with Gasteiger partial charge in [0.2, 0.25) is 10.0 Å². The third kappa shape index (κ3) is 3.21. The van der Waals surface area contributed by atoms with Crippen molar-refractivity contribution >= 4 is 31.8 Å². The lowest BCUT2D eigenvalue weighted by molar-refractivity contribution is 0.606. The molecule has 0 aliphatic heterocycles. The summed E-state index contributed by atoms with van der Waals surface area (Å²) in [4.78, 5) is 0. The maximum atomic E-state index is 11.5. The first-order chi connectivity index (χ1) is 9.17. The predicted molar refractivity (Wildman–Crippen MR) is 83.9 cm³/mol. The summed E-state index contributed by atoms with van der Waals surface area (Å²) in [6, 6.07) is 5.97. The third-order valence-corrected chi connectivity index (χ3v) is 4.23. The van der Waals surface area contributed by atoms with E-state index in [1.54, 1.807) is 4.68 Å². The molecule has 0 aliphatic carbocycles. The molecule has 7 heteroatoms. The first-order valence-electron chi connectivity index (χ1n) is 5.99. The highest BCUT2D eigenvalue weighted by Gasteiger charge is 2.17. The molecule has 1 aromatic heterocycles. The summed E-state index contributed by atoms with van der Waals surface area (Å²) in [5.41, 5.74) is 3.72. The average molecular weight is 358 g/mol. The molecular weight excluding hydrogens is 342 g/mol. The molecule has 1 aromatic carbocycles. The minimum atomic E-state index is -3.38. The van der Waals surface area contributed by atoms with Gasteiger partial charge < -0.3 is 0 Å². The zero-order chi connectivity index (χ0) is 15.1. The van der Waals surface area contributed by atoms with Crippen molar-refractivity contribution < 1.29 is 8.42 Å². The van der Waals surface area contributed by atoms with Crippen LogP contribution in [0.3, 0.4) is 0 Å². The Bertz CT molecular complexity index is 746. The fourth-order valence-electron chi connectivity index (χ4n) is 2.03. The SMILES string of the molecule is Cc1cc(C)cc(-n2nc(C)c(Br)c2NS(C)(=O)=O)c1. The van der Waals surface area contributed by atoms with Gasteiger partial charge in [0, 0.05) is 0 Å². The Labute approximate surface area is 127 Å². The van der Waals surface area contributed by atoms with Gasteiger partial charge in [-0.2, -0.15) is 5.10 Å². The maximum Gasteiger partial charge on any atom is 0.231 e. The largest absolute Gasteiger partial charge is 0.267 e. The number of nitrogens with zero attached hydrogens (tertiary/aromatic N) is 2. The Morgan fingerprint density at radius 1 is 1.15 bits per heavy atom. The number of halogens is 1. The van der Waals surface area contributed by atoms with Gasteiger partial charge in [-0.1, -0.05) is 6.07 Å². The highest BCUT2D eigenvalue weighted by atomic mass is 79.9. The second-order valence-electron chi connectivity index (χ2n) is 4.88. The molecule has 0 aliphatic rings. The van der Waals surface area contributed by atoms with Crippen LogP contribution < -0.4 is 4.72 Å². The second kappa shape index (κ2) is 5.21. The molecule has 5 nitrogen and oxygen atoms in total. The van der Waals surface area contributed by atoms with E-state index in [9.17, 15) is 8.42 Å². The molecule has 0 amide bonds. The quantitative estimate of drug-likeness (QED) is 0.918. The van der Waals surface area contributed by atoms with Crippen LogP contribution in [-0.4, -0.2) is 24.5 Å². The van der Waals surface area contributed by atoms with Crippen LogP contribution in [0.5, 0.6) is 0 Å². The normalized spacial score (nSPS) is 11.7. The van der Waals surface area contributed by atoms with Gasteiger partial charge in [-0.15, -0.1) is 0 Å². The van der Waals surface area contributed by atoms with Crippen LogP contribution in [0.25, 0.3) is 5.69 Å². The number of aryl methyl sites for hydroxylation is 3. The van der Waals surface area contributed by atoms with E-state index in [1.807, 2.05) is 32.9 Å². The Hall–Kier alpha value is -1.34. The van der Waals surface area contributed by atoms with Gasteiger partial charge >= 0.3 is 0 Å². The lowest BCUT2D eigenvalue weighted by atomic mass is 10.1. The Morgan fingerprint density at radius 3 is 2.20 bits per heavy atom. The molecule has 108 valence electrons. The number of nitrogens with one attached hydrogen (secondary N) is 1. The van der Waals surface area contributed by atoms with Crippen LogP contribution in [0.15, 0.2) is 22.7 Å². The first kappa shape index (κ1) is 15.1. The van der Waals surface area contributed by atoms with E-state index in [0.717, 1.165) is 28.8 Å². The van der Waals surface area contributed by atoms with E-state index in [0.29, 0.717) is 10.3 Å². The fraction of sp³-hybridized carbons (Fsp3) is 0.308. The van der Waals surface area contributed by atoms with Crippen LogP contribution >= 0.6 is 15.9 Å². The summed E-state index contributed by atoms with van der Waals surface area (Å²) in [6.07, 6.45) is 1.12. The molecule has 0 fully saturated rings. The van der Waals surface area contributed by atoms with Gasteiger partial charge in [-0.05, 0) is 60.0 Å². The van der Waals surface area contributed by atoms with Gasteiger partial charge in [0.15, 0.2) is 5.82 Å². The number of sulfonamides is 1. The number of rotatable bonds is 3. The highest BCUT2D eigenvalue weighted by Crippen LogP contribution is 2.30. The summed E-state index contributed by atoms with van der Waals surface area (Å²) in [7, 11) is -3.38. The maximum absolute atomic E-state index is 11.5. The molecule has 0 unspecified atom stereocenters. The van der Waals surface area contributed by atoms with Gasteiger partial charge in [-0.25, -0.2) is 13.1 Å². The van der Waals surface area contributed by atoms with Crippen molar-refractivity contribution in [2.45, 2.75) is 20.8 Å². The van der Waals surface area contributed by atoms with Crippen LogP contribution in [0, 0.1) is 20.8 Å². The smallest absolute Gasteiger partial charge is 0.231 e. The molecule has 0 spiro atoms. The summed E-state index contributed by atoms with van der Waals surface area (Å²) in [5.74, 6) is 0.412. The molecule has 0 saturated heterocycles. The standard InChI is InChI=1S/C13H16BrN3O2S/c1-8-5-9(2)7-11(6-8)17-13(16-20(4,18)19)12(14)10(3)15-17/h5-7,16H,1-4H3. The predicted octanol–water partition coefficient (Wildman–Crippen LogP) is 2.93. The van der Waals surface area contributed by atoms with E-state index in [4.69, 9.17) is 0 Å². The zero-order valence-corrected chi connectivity index (χ0v) is 14.1. The Balaban J connectivity index is 2.65. The van der Waals surface area contributed by atoms with E-state index < -0.39 is 10.0 Å². The molecule has 20 heavy (non-hydrogen) atoms. The van der Waals surface area contributed by atoms with Crippen molar-refractivity contribution in [2.24, 2.45) is 0 Å². The lowest BCUT2D eigenvalue weighted by Crippen LogP contribution is -2.14. The van der Waals surface area contributed by atoms with Gasteiger partial charge in [0.25, 0.3) is 0 Å². The molecule has 2 rings (SSSR count). The van der Waals surface area contributed by atoms with Gasteiger partial charge in [-0.3, -0.25) is 4.72 Å². The topological polar surface area (TPSA) is 64.0 Å². The number of anilines is 1. The van der Waals surface area contributed by atoms with Crippen LogP contribution in [0.4, 0.5) is 5.82 Å². The molecule has 1 heterocycles. The minimum Gasteiger partial charge on any atom is -0.267 e. The van der Waals surface area contributed by atoms with Crippen LogP contribution in [0.2, 0.25) is 0 Å². The summed E-state index contributed by atoms with van der Waals surface area (Å²) >= 11 is 3.38. The van der Waals surface area contributed by atoms with Crippen molar-refractivity contribution in [1.82, 2.24) is 9.78 Å². The lowest BCUT2D eigenvalue weighted by Gasteiger charge is -2.10. The molecule has 0 atom stereocenters. The third-order valence-electron chi connectivity index (χ3n) is 2.72. The van der Waals surface area contributed by atoms with Gasteiger partial charge in [0.1, 0.15) is 0 Å². The second-order valence-corrected chi connectivity index (χ2v) is 7.42. The average Bonchev–Trinajstić information content (AvgIpc) is 2.54. The molecular formula is C13H16BrN3O2S. The van der Waals surface area contributed by atoms with Crippen LogP contribution in [0.1, 0.15) is 16.8 Å². The Morgan fingerprint density at radius 2 is 1.70 bits per heavy atom. The molecule has 1 N–H and O–H groups in total. The van der Waals surface area contributed by atoms with Crippen molar-refractivity contribution in [3.8, 4) is 5.69 Å². The molecule has 2 aromatic rings. The number of benzene rings is 1. The van der Waals surface area contributed by atoms with E-state index in [1.165, 1.54) is 0 Å². The molecule has 0 saturated carbocycles. The zero-order valence-electron chi connectivity index (χ0n) is 11.7. The highest BCUT2D eigenvalue weighted by molar-refractivity contribution is 9.10. The van der Waals surface area contributed by atoms with Crippen molar-refractivity contribution in [3.05, 3.63) is 39.5 Å². The molecule has 0 bridgehead atoms. The van der Waals surface area contributed by atoms with E-state index in [2.05, 4.69) is 31.8 Å². The minimum absolute atomic E-state index is 0.412. The first-order valence-corrected chi connectivity index (χ1v) is 8.67. The summed E-state index contributed by atoms with van der Waals surface area (Å²) < 4.78 is 27.8. The summed E-state index contributed by atoms with van der Waals surface area (Å²) in [6.45, 7) is 5.80. The van der Waals surface area contributed by atoms with Crippen molar-refractivity contribution in [3.63, 3.8) is 0 Å². The number of hydrogen-bond donors (Lipinski definition) is 1. The number of hydrogen-bond acceptors (Lipinski definition) is 3. The summed E-state index contributed by atoms with van der Waals surface area (Å²) in [5, 5.41) is 4.39. The monoisotopic (exact) mass is 357 g/mol. The Kier molecular flexibility index (Phi) is 3.93. The van der Waals surface area contributed by atoms with E-state index in [-0.39, 0.29) is 0 Å². The van der Waals surface area contributed by atoms with Crippen molar-refractivity contribution in [2.75, 3.05) is 11.0 Å². The fourth-order valence-corrected chi connectivity index (χ4v) is 3.05. The van der Waals surface area contributed by atoms with E-state index >= 15 is 0 Å². The number of aromatic nitrogens is 2. The van der Waals surface area contributed by atoms with Gasteiger partial charge in [0.05, 0.1) is 22.1 Å². The van der Waals surface area contributed by atoms with Crippen molar-refractivity contribution in [1.29, 1.82) is 0 Å². The molecule has 0 radical (unpaired) electrons.